The van der Waals surface area contributed by atoms with Crippen LogP contribution >= 0.6 is 11.6 Å². The minimum atomic E-state index is -0.255. The molecular weight excluding hydrogens is 212 g/mol. The zero-order valence-electron chi connectivity index (χ0n) is 8.50. The monoisotopic (exact) mass is 226 g/mol. The van der Waals surface area contributed by atoms with Crippen LogP contribution in [0.25, 0.3) is 0 Å². The van der Waals surface area contributed by atoms with Crippen LogP contribution in [0.1, 0.15) is 18.4 Å². The number of benzene rings is 1. The molecule has 0 saturated heterocycles. The third-order valence-electron chi connectivity index (χ3n) is 2.05. The van der Waals surface area contributed by atoms with Gasteiger partial charge in [-0.15, -0.1) is 0 Å². The van der Waals surface area contributed by atoms with Gasteiger partial charge in [0.2, 0.25) is 5.91 Å². The Morgan fingerprint density at radius 2 is 2.13 bits per heavy atom. The van der Waals surface area contributed by atoms with Crippen molar-refractivity contribution in [2.45, 2.75) is 19.4 Å². The Labute approximate surface area is 94.6 Å². The van der Waals surface area contributed by atoms with Gasteiger partial charge in [-0.1, -0.05) is 29.8 Å². The molecule has 0 atom stereocenters. The van der Waals surface area contributed by atoms with Crippen molar-refractivity contribution >= 4 is 17.5 Å². The molecule has 0 radical (unpaired) electrons. The van der Waals surface area contributed by atoms with Crippen molar-refractivity contribution in [3.8, 4) is 0 Å². The first-order valence-corrected chi connectivity index (χ1v) is 5.30. The minimum Gasteiger partial charge on any atom is -0.370 e. The molecule has 0 spiro atoms. The Morgan fingerprint density at radius 1 is 1.40 bits per heavy atom. The van der Waals surface area contributed by atoms with Gasteiger partial charge in [-0.2, -0.15) is 0 Å². The van der Waals surface area contributed by atoms with Crippen LogP contribution in [0.2, 0.25) is 5.02 Å². The van der Waals surface area contributed by atoms with Crippen LogP contribution in [0.4, 0.5) is 0 Å². The van der Waals surface area contributed by atoms with E-state index in [-0.39, 0.29) is 5.91 Å². The standard InChI is InChI=1S/C11H15ClN2O/c12-10-5-2-1-4-9(10)8-14-7-3-6-11(13)15/h1-2,4-5,14H,3,6-8H2,(H2,13,15). The van der Waals surface area contributed by atoms with E-state index in [4.69, 9.17) is 17.3 Å². The Balaban J connectivity index is 2.21. The van der Waals surface area contributed by atoms with Crippen LogP contribution in [0, 0.1) is 0 Å². The SMILES string of the molecule is NC(=O)CCCNCc1ccccc1Cl. The van der Waals surface area contributed by atoms with Crippen molar-refractivity contribution in [3.05, 3.63) is 34.9 Å². The van der Waals surface area contributed by atoms with Gasteiger partial charge in [-0.05, 0) is 24.6 Å². The number of rotatable bonds is 6. The molecule has 15 heavy (non-hydrogen) atoms. The van der Waals surface area contributed by atoms with Gasteiger partial charge in [0.05, 0.1) is 0 Å². The first-order valence-electron chi connectivity index (χ1n) is 4.92. The maximum absolute atomic E-state index is 10.5. The lowest BCUT2D eigenvalue weighted by Crippen LogP contribution is -2.18. The van der Waals surface area contributed by atoms with E-state index >= 15 is 0 Å². The fourth-order valence-electron chi connectivity index (χ4n) is 1.25. The zero-order valence-corrected chi connectivity index (χ0v) is 9.26. The molecule has 0 aliphatic carbocycles. The van der Waals surface area contributed by atoms with E-state index in [0.717, 1.165) is 30.1 Å². The van der Waals surface area contributed by atoms with Crippen LogP contribution in [-0.2, 0) is 11.3 Å². The van der Waals surface area contributed by atoms with E-state index in [0.29, 0.717) is 6.42 Å². The summed E-state index contributed by atoms with van der Waals surface area (Å²) < 4.78 is 0. The predicted molar refractivity (Wildman–Crippen MR) is 61.6 cm³/mol. The van der Waals surface area contributed by atoms with E-state index in [1.807, 2.05) is 24.3 Å². The van der Waals surface area contributed by atoms with E-state index in [9.17, 15) is 4.79 Å². The Bertz CT molecular complexity index is 328. The van der Waals surface area contributed by atoms with Crippen LogP contribution in [0.15, 0.2) is 24.3 Å². The Kier molecular flexibility index (Phi) is 5.15. The van der Waals surface area contributed by atoms with Gasteiger partial charge in [0.15, 0.2) is 0 Å². The van der Waals surface area contributed by atoms with Crippen molar-refractivity contribution in [1.29, 1.82) is 0 Å². The fraction of sp³-hybridized carbons (Fsp3) is 0.364. The number of nitrogens with two attached hydrogens (primary N) is 1. The van der Waals surface area contributed by atoms with E-state index in [1.54, 1.807) is 0 Å². The molecule has 1 rings (SSSR count). The second-order valence-corrected chi connectivity index (χ2v) is 3.75. The minimum absolute atomic E-state index is 0.255. The molecule has 3 nitrogen and oxygen atoms in total. The average Bonchev–Trinajstić information content (AvgIpc) is 2.20. The van der Waals surface area contributed by atoms with Gasteiger partial charge in [0.25, 0.3) is 0 Å². The van der Waals surface area contributed by atoms with Crippen molar-refractivity contribution < 1.29 is 4.79 Å². The molecule has 0 unspecified atom stereocenters. The van der Waals surface area contributed by atoms with Crippen LogP contribution in [0.5, 0.6) is 0 Å². The number of amides is 1. The molecule has 0 fully saturated rings. The van der Waals surface area contributed by atoms with Crippen molar-refractivity contribution in [3.63, 3.8) is 0 Å². The summed E-state index contributed by atoms with van der Waals surface area (Å²) in [7, 11) is 0. The largest absolute Gasteiger partial charge is 0.370 e. The van der Waals surface area contributed by atoms with Gasteiger partial charge in [0, 0.05) is 18.0 Å². The molecule has 0 saturated carbocycles. The van der Waals surface area contributed by atoms with Crippen molar-refractivity contribution in [2.24, 2.45) is 5.73 Å². The Hall–Kier alpha value is -1.06. The number of carbonyl (C=O) groups is 1. The highest BCUT2D eigenvalue weighted by Crippen LogP contribution is 2.14. The molecular formula is C11H15ClN2O. The first-order chi connectivity index (χ1) is 7.20. The van der Waals surface area contributed by atoms with Gasteiger partial charge in [0.1, 0.15) is 0 Å². The summed E-state index contributed by atoms with van der Waals surface area (Å²) >= 11 is 5.97. The maximum Gasteiger partial charge on any atom is 0.217 e. The summed E-state index contributed by atoms with van der Waals surface area (Å²) in [6.45, 7) is 1.49. The molecule has 0 aliphatic heterocycles. The van der Waals surface area contributed by atoms with Crippen molar-refractivity contribution in [2.75, 3.05) is 6.54 Å². The normalized spacial score (nSPS) is 10.2. The molecule has 3 N–H and O–H groups in total. The molecule has 0 bridgehead atoms. The summed E-state index contributed by atoms with van der Waals surface area (Å²) in [6.07, 6.45) is 1.19. The lowest BCUT2D eigenvalue weighted by molar-refractivity contribution is -0.118. The molecule has 1 aromatic carbocycles. The molecule has 0 aromatic heterocycles. The smallest absolute Gasteiger partial charge is 0.217 e. The van der Waals surface area contributed by atoms with Gasteiger partial charge < -0.3 is 11.1 Å². The number of hydrogen-bond acceptors (Lipinski definition) is 2. The van der Waals surface area contributed by atoms with E-state index in [1.165, 1.54) is 0 Å². The van der Waals surface area contributed by atoms with E-state index < -0.39 is 0 Å². The lowest BCUT2D eigenvalue weighted by atomic mass is 10.2. The highest BCUT2D eigenvalue weighted by atomic mass is 35.5. The average molecular weight is 227 g/mol. The molecule has 0 heterocycles. The quantitative estimate of drug-likeness (QED) is 0.726. The number of carbonyl (C=O) groups excluding carboxylic acids is 1. The van der Waals surface area contributed by atoms with E-state index in [2.05, 4.69) is 5.32 Å². The number of hydrogen-bond donors (Lipinski definition) is 2. The number of primary amides is 1. The highest BCUT2D eigenvalue weighted by molar-refractivity contribution is 6.31. The number of halogens is 1. The molecule has 1 amide bonds. The molecule has 4 heteroatoms. The zero-order chi connectivity index (χ0) is 11.1. The van der Waals surface area contributed by atoms with Gasteiger partial charge in [-0.3, -0.25) is 4.79 Å². The number of nitrogens with one attached hydrogen (secondary N) is 1. The second-order valence-electron chi connectivity index (χ2n) is 3.34. The summed E-state index contributed by atoms with van der Waals surface area (Å²) in [5.41, 5.74) is 6.09. The van der Waals surface area contributed by atoms with Gasteiger partial charge in [-0.25, -0.2) is 0 Å². The van der Waals surface area contributed by atoms with Crippen LogP contribution in [0.3, 0.4) is 0 Å². The highest BCUT2D eigenvalue weighted by Gasteiger charge is 1.98. The fourth-order valence-corrected chi connectivity index (χ4v) is 1.45. The second kappa shape index (κ2) is 6.43. The lowest BCUT2D eigenvalue weighted by Gasteiger charge is -2.05. The summed E-state index contributed by atoms with van der Waals surface area (Å²) in [4.78, 5) is 10.5. The van der Waals surface area contributed by atoms with Crippen LogP contribution < -0.4 is 11.1 Å². The molecule has 82 valence electrons. The Morgan fingerprint density at radius 3 is 2.80 bits per heavy atom. The third-order valence-corrected chi connectivity index (χ3v) is 2.42. The first kappa shape index (κ1) is 12.0. The van der Waals surface area contributed by atoms with Crippen molar-refractivity contribution in [1.82, 2.24) is 5.32 Å². The molecule has 0 aliphatic rings. The summed E-state index contributed by atoms with van der Waals surface area (Å²) in [6, 6.07) is 7.69. The molecule has 1 aromatic rings. The van der Waals surface area contributed by atoms with Crippen LogP contribution in [-0.4, -0.2) is 12.5 Å². The third kappa shape index (κ3) is 4.81. The maximum atomic E-state index is 10.5. The summed E-state index contributed by atoms with van der Waals surface area (Å²) in [5, 5.41) is 3.97. The summed E-state index contributed by atoms with van der Waals surface area (Å²) in [5.74, 6) is -0.255. The van der Waals surface area contributed by atoms with Gasteiger partial charge >= 0.3 is 0 Å². The predicted octanol–water partition coefficient (Wildman–Crippen LogP) is 1.70. The topological polar surface area (TPSA) is 55.1 Å².